The number of para-hydroxylation sites is 1. The summed E-state index contributed by atoms with van der Waals surface area (Å²) in [5.74, 6) is 0.717. The van der Waals surface area contributed by atoms with Crippen LogP contribution in [0, 0.1) is 5.92 Å². The highest BCUT2D eigenvalue weighted by atomic mass is 35.5. The lowest BCUT2D eigenvalue weighted by atomic mass is 9.90. The van der Waals surface area contributed by atoms with Crippen LogP contribution in [0.25, 0.3) is 10.9 Å². The predicted octanol–water partition coefficient (Wildman–Crippen LogP) is 8.66. The van der Waals surface area contributed by atoms with Gasteiger partial charge in [0.1, 0.15) is 0 Å². The largest absolute Gasteiger partial charge is 0.339 e. The number of fused-ring (bicyclic) bond motifs is 1. The van der Waals surface area contributed by atoms with Gasteiger partial charge in [-0.15, -0.1) is 0 Å². The fraction of sp³-hybridized carbons (Fsp3) is 0.312. The van der Waals surface area contributed by atoms with E-state index >= 15 is 0 Å². The van der Waals surface area contributed by atoms with Gasteiger partial charge in [0.05, 0.1) is 21.0 Å². The third-order valence-electron chi connectivity index (χ3n) is 7.38. The van der Waals surface area contributed by atoms with Gasteiger partial charge in [0.25, 0.3) is 5.91 Å². The van der Waals surface area contributed by atoms with E-state index in [1.54, 1.807) is 6.20 Å². The second-order valence-electron chi connectivity index (χ2n) is 10.1. The molecule has 1 N–H and O–H groups in total. The number of rotatable bonds is 8. The van der Waals surface area contributed by atoms with Crippen molar-refractivity contribution in [2.24, 2.45) is 5.92 Å². The highest BCUT2D eigenvalue weighted by molar-refractivity contribution is 8.00. The van der Waals surface area contributed by atoms with E-state index < -0.39 is 0 Å². The number of hydrogen-bond acceptors (Lipinski definition) is 4. The molecule has 1 aliphatic heterocycles. The second-order valence-corrected chi connectivity index (χ2v) is 11.3. The maximum Gasteiger partial charge on any atom is 0.255 e. The minimum atomic E-state index is 0.0393. The Morgan fingerprint density at radius 2 is 1.84 bits per heavy atom. The van der Waals surface area contributed by atoms with Crippen LogP contribution in [0.2, 0.25) is 5.02 Å². The molecule has 196 valence electrons. The first-order chi connectivity index (χ1) is 18.7. The first-order valence-electron chi connectivity index (χ1n) is 13.6. The van der Waals surface area contributed by atoms with Crippen molar-refractivity contribution in [2.45, 2.75) is 49.8 Å². The number of benzene rings is 3. The number of pyridine rings is 1. The summed E-state index contributed by atoms with van der Waals surface area (Å²) in [6, 6.07) is 26.5. The zero-order valence-electron chi connectivity index (χ0n) is 21.6. The van der Waals surface area contributed by atoms with Gasteiger partial charge in [0, 0.05) is 30.4 Å². The molecule has 2 heterocycles. The molecule has 4 aromatic rings. The molecule has 1 aromatic heterocycles. The number of amides is 1. The zero-order chi connectivity index (χ0) is 26.2. The van der Waals surface area contributed by atoms with Crippen molar-refractivity contribution in [3.8, 4) is 0 Å². The Balaban J connectivity index is 1.16. The van der Waals surface area contributed by atoms with Crippen LogP contribution in [-0.4, -0.2) is 28.9 Å². The highest BCUT2D eigenvalue weighted by Crippen LogP contribution is 2.30. The summed E-state index contributed by atoms with van der Waals surface area (Å²) in [7, 11) is 0. The van der Waals surface area contributed by atoms with E-state index in [2.05, 4.69) is 52.2 Å². The maximum absolute atomic E-state index is 13.4. The van der Waals surface area contributed by atoms with Gasteiger partial charge in [-0.25, -0.2) is 0 Å². The Morgan fingerprint density at radius 3 is 2.71 bits per heavy atom. The van der Waals surface area contributed by atoms with Gasteiger partial charge >= 0.3 is 0 Å². The molecule has 0 radical (unpaired) electrons. The summed E-state index contributed by atoms with van der Waals surface area (Å²) in [4.78, 5) is 21.0. The minimum absolute atomic E-state index is 0.0393. The predicted molar refractivity (Wildman–Crippen MR) is 160 cm³/mol. The summed E-state index contributed by atoms with van der Waals surface area (Å²) < 4.78 is 3.36. The van der Waals surface area contributed by atoms with Crippen LogP contribution < -0.4 is 4.72 Å². The molecule has 5 rings (SSSR count). The molecule has 1 saturated heterocycles. The second kappa shape index (κ2) is 13.2. The molecule has 1 amide bonds. The third-order valence-corrected chi connectivity index (χ3v) is 8.58. The normalized spacial score (nSPS) is 16.1. The highest BCUT2D eigenvalue weighted by Gasteiger charge is 2.22. The van der Waals surface area contributed by atoms with Crippen molar-refractivity contribution in [1.82, 2.24) is 9.88 Å². The quantitative estimate of drug-likeness (QED) is 0.226. The Labute approximate surface area is 234 Å². The van der Waals surface area contributed by atoms with E-state index in [0.29, 0.717) is 16.5 Å². The van der Waals surface area contributed by atoms with Gasteiger partial charge in [0.2, 0.25) is 0 Å². The van der Waals surface area contributed by atoms with Crippen LogP contribution in [0.5, 0.6) is 0 Å². The van der Waals surface area contributed by atoms with E-state index in [-0.39, 0.29) is 5.91 Å². The van der Waals surface area contributed by atoms with Gasteiger partial charge < -0.3 is 9.62 Å². The summed E-state index contributed by atoms with van der Waals surface area (Å²) >= 11 is 8.14. The first kappa shape index (κ1) is 26.6. The van der Waals surface area contributed by atoms with Crippen LogP contribution in [0.4, 0.5) is 5.69 Å². The van der Waals surface area contributed by atoms with Crippen LogP contribution in [-0.2, 0) is 6.42 Å². The molecule has 0 spiro atoms. The summed E-state index contributed by atoms with van der Waals surface area (Å²) in [6.07, 6.45) is 9.92. The molecule has 0 aliphatic carbocycles. The average Bonchev–Trinajstić information content (AvgIpc) is 2.93. The number of hydrogen-bond donors (Lipinski definition) is 1. The smallest absolute Gasteiger partial charge is 0.255 e. The first-order valence-corrected chi connectivity index (χ1v) is 14.8. The Hall–Kier alpha value is -3.02. The molecule has 1 fully saturated rings. The third kappa shape index (κ3) is 6.89. The lowest BCUT2D eigenvalue weighted by Crippen LogP contribution is -2.35. The molecule has 1 unspecified atom stereocenters. The van der Waals surface area contributed by atoms with Gasteiger partial charge in [-0.1, -0.05) is 79.4 Å². The summed E-state index contributed by atoms with van der Waals surface area (Å²) in [6.45, 7) is 1.60. The Morgan fingerprint density at radius 1 is 0.974 bits per heavy atom. The van der Waals surface area contributed by atoms with Crippen molar-refractivity contribution in [3.63, 3.8) is 0 Å². The number of likely N-dealkylation sites (tertiary alicyclic amines) is 1. The number of halogens is 1. The zero-order valence-corrected chi connectivity index (χ0v) is 23.2. The minimum Gasteiger partial charge on any atom is -0.339 e. The topological polar surface area (TPSA) is 45.2 Å². The Kier molecular flexibility index (Phi) is 9.21. The van der Waals surface area contributed by atoms with Crippen LogP contribution in [0.1, 0.15) is 54.4 Å². The number of carbonyl (C=O) groups excluding carboxylic acids is 1. The average molecular weight is 544 g/mol. The number of carbonyl (C=O) groups is 1. The molecule has 0 saturated carbocycles. The van der Waals surface area contributed by atoms with E-state index in [0.717, 1.165) is 53.8 Å². The molecule has 3 aromatic carbocycles. The molecule has 4 nitrogen and oxygen atoms in total. The van der Waals surface area contributed by atoms with Gasteiger partial charge in [0.15, 0.2) is 0 Å². The van der Waals surface area contributed by atoms with Gasteiger partial charge in [-0.3, -0.25) is 9.78 Å². The van der Waals surface area contributed by atoms with Crippen LogP contribution in [0.3, 0.4) is 0 Å². The van der Waals surface area contributed by atoms with Gasteiger partial charge in [-0.05, 0) is 79.4 Å². The number of aromatic nitrogens is 1. The molecule has 38 heavy (non-hydrogen) atoms. The van der Waals surface area contributed by atoms with E-state index in [1.165, 1.54) is 43.2 Å². The molecule has 1 aliphatic rings. The van der Waals surface area contributed by atoms with Crippen molar-refractivity contribution in [2.75, 3.05) is 17.8 Å². The van der Waals surface area contributed by atoms with Gasteiger partial charge in [-0.2, -0.15) is 0 Å². The lowest BCUT2D eigenvalue weighted by molar-refractivity contribution is 0.0728. The fourth-order valence-corrected chi connectivity index (χ4v) is 6.29. The van der Waals surface area contributed by atoms with Crippen molar-refractivity contribution in [3.05, 3.63) is 101 Å². The number of nitrogens with zero attached hydrogens (tertiary/aromatic N) is 2. The monoisotopic (exact) mass is 543 g/mol. The summed E-state index contributed by atoms with van der Waals surface area (Å²) in [5, 5.41) is 1.59. The van der Waals surface area contributed by atoms with E-state index in [1.807, 2.05) is 41.3 Å². The molecular weight excluding hydrogens is 510 g/mol. The summed E-state index contributed by atoms with van der Waals surface area (Å²) in [5.41, 5.74) is 3.81. The fourth-order valence-electron chi connectivity index (χ4n) is 5.26. The molecular formula is C32H34ClN3OS. The van der Waals surface area contributed by atoms with E-state index in [9.17, 15) is 4.79 Å². The van der Waals surface area contributed by atoms with Crippen molar-refractivity contribution < 1.29 is 4.79 Å². The molecule has 6 heteroatoms. The van der Waals surface area contributed by atoms with Crippen molar-refractivity contribution >= 4 is 46.0 Å². The van der Waals surface area contributed by atoms with Crippen molar-refractivity contribution in [1.29, 1.82) is 0 Å². The van der Waals surface area contributed by atoms with Crippen LogP contribution in [0.15, 0.2) is 90.0 Å². The number of nitrogens with one attached hydrogen (secondary N) is 1. The Bertz CT molecular complexity index is 1360. The number of aryl methyl sites for hydroxylation is 1. The van der Waals surface area contributed by atoms with Crippen LogP contribution >= 0.6 is 23.5 Å². The SMILES string of the molecule is O=C(c1ccc(NSc2cccc3cccnc23)cc1Cl)N1CCCCC(CCCc2ccccc2)CC1. The standard InChI is InChI=1S/C32H34ClN3OS/c33-29-23-27(35-38-30-16-7-14-26-15-8-20-34-31(26)30)17-18-28(29)32(37)36-21-5-4-11-25(19-22-36)13-6-12-24-9-2-1-3-10-24/h1-3,7-10,14-18,20,23,25,35H,4-6,11-13,19,21-22H2. The number of anilines is 1. The lowest BCUT2D eigenvalue weighted by Gasteiger charge is -2.29. The molecule has 0 bridgehead atoms. The maximum atomic E-state index is 13.4. The molecule has 1 atom stereocenters. The van der Waals surface area contributed by atoms with E-state index in [4.69, 9.17) is 11.6 Å².